The summed E-state index contributed by atoms with van der Waals surface area (Å²) in [6, 6.07) is 1.69. The van der Waals surface area contributed by atoms with Crippen LogP contribution >= 0.6 is 11.6 Å². The van der Waals surface area contributed by atoms with E-state index in [1.165, 1.54) is 0 Å². The Hall–Kier alpha value is -1.16. The van der Waals surface area contributed by atoms with Gasteiger partial charge in [0.1, 0.15) is 5.82 Å². The van der Waals surface area contributed by atoms with Gasteiger partial charge in [0.05, 0.1) is 18.0 Å². The fourth-order valence-corrected chi connectivity index (χ4v) is 0.906. The van der Waals surface area contributed by atoms with Crippen molar-refractivity contribution in [2.24, 2.45) is 5.73 Å². The molecule has 2 N–H and O–H groups in total. The number of hydrogen-bond donors (Lipinski definition) is 1. The molecule has 1 amide bonds. The number of carbonyl (C=O) groups is 1. The van der Waals surface area contributed by atoms with E-state index in [1.807, 2.05) is 0 Å². The number of halogens is 1. The fraction of sp³-hybridized carbons (Fsp3) is 0.286. The Kier molecular flexibility index (Phi) is 2.99. The zero-order valence-corrected chi connectivity index (χ0v) is 7.08. The van der Waals surface area contributed by atoms with E-state index >= 15 is 0 Å². The maximum atomic E-state index is 10.5. The molecule has 0 aliphatic heterocycles. The van der Waals surface area contributed by atoms with Crippen LogP contribution in [0.25, 0.3) is 0 Å². The van der Waals surface area contributed by atoms with E-state index in [0.717, 1.165) is 0 Å². The van der Waals surface area contributed by atoms with Crippen molar-refractivity contribution in [1.82, 2.24) is 9.97 Å². The predicted molar refractivity (Wildman–Crippen MR) is 44.5 cm³/mol. The lowest BCUT2D eigenvalue weighted by molar-refractivity contribution is -0.117. The maximum Gasteiger partial charge on any atom is 0.225 e. The minimum atomic E-state index is -0.443. The lowest BCUT2D eigenvalue weighted by Gasteiger charge is -1.97. The second-order valence-electron chi connectivity index (χ2n) is 2.24. The first kappa shape index (κ1) is 8.93. The zero-order chi connectivity index (χ0) is 8.97. The molecule has 0 spiro atoms. The second-order valence-corrected chi connectivity index (χ2v) is 2.51. The van der Waals surface area contributed by atoms with Gasteiger partial charge in [0.25, 0.3) is 0 Å². The number of aromatic nitrogens is 2. The van der Waals surface area contributed by atoms with Gasteiger partial charge >= 0.3 is 0 Å². The molecule has 0 saturated heterocycles. The summed E-state index contributed by atoms with van der Waals surface area (Å²) in [5.41, 5.74) is 5.66. The molecular formula is C7H8ClN3O. The largest absolute Gasteiger partial charge is 0.369 e. The van der Waals surface area contributed by atoms with Crippen molar-refractivity contribution in [2.45, 2.75) is 12.3 Å². The van der Waals surface area contributed by atoms with Gasteiger partial charge in [0.15, 0.2) is 0 Å². The minimum absolute atomic E-state index is 0.0602. The van der Waals surface area contributed by atoms with Gasteiger partial charge in [-0.3, -0.25) is 4.79 Å². The number of rotatable bonds is 3. The third-order valence-corrected chi connectivity index (χ3v) is 1.51. The predicted octanol–water partition coefficient (Wildman–Crippen LogP) is 0.243. The van der Waals surface area contributed by atoms with Gasteiger partial charge in [-0.25, -0.2) is 9.97 Å². The van der Waals surface area contributed by atoms with Crippen molar-refractivity contribution in [2.75, 3.05) is 0 Å². The SMILES string of the molecule is NC(=O)Cc1nccc(CCl)n1. The topological polar surface area (TPSA) is 68.9 Å². The van der Waals surface area contributed by atoms with E-state index in [9.17, 15) is 4.79 Å². The third-order valence-electron chi connectivity index (χ3n) is 1.23. The molecular weight excluding hydrogens is 178 g/mol. The van der Waals surface area contributed by atoms with Crippen LogP contribution in [0.5, 0.6) is 0 Å². The smallest absolute Gasteiger partial charge is 0.225 e. The fourth-order valence-electron chi connectivity index (χ4n) is 0.757. The number of primary amides is 1. The molecule has 0 radical (unpaired) electrons. The van der Waals surface area contributed by atoms with Gasteiger partial charge in [-0.2, -0.15) is 0 Å². The van der Waals surface area contributed by atoms with E-state index in [-0.39, 0.29) is 6.42 Å². The van der Waals surface area contributed by atoms with Crippen LogP contribution in [-0.2, 0) is 17.1 Å². The highest BCUT2D eigenvalue weighted by molar-refractivity contribution is 6.16. The monoisotopic (exact) mass is 185 g/mol. The van der Waals surface area contributed by atoms with Gasteiger partial charge in [0, 0.05) is 6.20 Å². The van der Waals surface area contributed by atoms with Crippen molar-refractivity contribution in [1.29, 1.82) is 0 Å². The Morgan fingerprint density at radius 3 is 3.00 bits per heavy atom. The van der Waals surface area contributed by atoms with E-state index in [1.54, 1.807) is 12.3 Å². The molecule has 0 aromatic carbocycles. The number of alkyl halides is 1. The first-order chi connectivity index (χ1) is 5.72. The lowest BCUT2D eigenvalue weighted by atomic mass is 10.3. The molecule has 64 valence electrons. The molecule has 4 nitrogen and oxygen atoms in total. The molecule has 1 heterocycles. The molecule has 1 rings (SSSR count). The zero-order valence-electron chi connectivity index (χ0n) is 6.33. The van der Waals surface area contributed by atoms with Crippen molar-refractivity contribution in [3.63, 3.8) is 0 Å². The molecule has 0 aliphatic rings. The number of hydrogen-bond acceptors (Lipinski definition) is 3. The Morgan fingerprint density at radius 2 is 2.42 bits per heavy atom. The average molecular weight is 186 g/mol. The number of nitrogens with two attached hydrogens (primary N) is 1. The summed E-state index contributed by atoms with van der Waals surface area (Å²) in [4.78, 5) is 18.3. The van der Waals surface area contributed by atoms with Gasteiger partial charge < -0.3 is 5.73 Å². The maximum absolute atomic E-state index is 10.5. The molecule has 0 bridgehead atoms. The van der Waals surface area contributed by atoms with Gasteiger partial charge in [0.2, 0.25) is 5.91 Å². The van der Waals surface area contributed by atoms with Crippen molar-refractivity contribution in [3.8, 4) is 0 Å². The van der Waals surface area contributed by atoms with Crippen LogP contribution < -0.4 is 5.73 Å². The summed E-state index contributed by atoms with van der Waals surface area (Å²) in [5, 5.41) is 0. The van der Waals surface area contributed by atoms with Crippen LogP contribution in [0, 0.1) is 0 Å². The van der Waals surface area contributed by atoms with Crippen molar-refractivity contribution >= 4 is 17.5 Å². The normalized spacial score (nSPS) is 9.75. The first-order valence-electron chi connectivity index (χ1n) is 3.37. The minimum Gasteiger partial charge on any atom is -0.369 e. The highest BCUT2D eigenvalue weighted by Gasteiger charge is 2.01. The molecule has 12 heavy (non-hydrogen) atoms. The van der Waals surface area contributed by atoms with Crippen LogP contribution in [-0.4, -0.2) is 15.9 Å². The van der Waals surface area contributed by atoms with Gasteiger partial charge in [-0.1, -0.05) is 0 Å². The van der Waals surface area contributed by atoms with Crippen LogP contribution in [0.3, 0.4) is 0 Å². The Labute approximate surface area is 74.8 Å². The van der Waals surface area contributed by atoms with Gasteiger partial charge in [-0.15, -0.1) is 11.6 Å². The van der Waals surface area contributed by atoms with Crippen LogP contribution in [0.4, 0.5) is 0 Å². The first-order valence-corrected chi connectivity index (χ1v) is 3.91. The average Bonchev–Trinajstić information content (AvgIpc) is 2.03. The molecule has 5 heteroatoms. The summed E-state index contributed by atoms with van der Waals surface area (Å²) >= 11 is 5.53. The number of nitrogens with zero attached hydrogens (tertiary/aromatic N) is 2. The quantitative estimate of drug-likeness (QED) is 0.686. The summed E-state index contributed by atoms with van der Waals surface area (Å²) < 4.78 is 0. The second kappa shape index (κ2) is 4.01. The van der Waals surface area contributed by atoms with Gasteiger partial charge in [-0.05, 0) is 6.07 Å². The molecule has 0 atom stereocenters. The van der Waals surface area contributed by atoms with E-state index in [0.29, 0.717) is 17.4 Å². The summed E-state index contributed by atoms with van der Waals surface area (Å²) in [5.74, 6) is 0.288. The highest BCUT2D eigenvalue weighted by Crippen LogP contribution is 1.99. The highest BCUT2D eigenvalue weighted by atomic mass is 35.5. The van der Waals surface area contributed by atoms with Crippen LogP contribution in [0.1, 0.15) is 11.5 Å². The van der Waals surface area contributed by atoms with Crippen LogP contribution in [0.15, 0.2) is 12.3 Å². The summed E-state index contributed by atoms with van der Waals surface area (Å²) in [7, 11) is 0. The molecule has 0 fully saturated rings. The van der Waals surface area contributed by atoms with Crippen LogP contribution in [0.2, 0.25) is 0 Å². The molecule has 0 aliphatic carbocycles. The number of carbonyl (C=O) groups excluding carboxylic acids is 1. The summed E-state index contributed by atoms with van der Waals surface area (Å²) in [6.07, 6.45) is 1.62. The molecule has 0 saturated carbocycles. The Morgan fingerprint density at radius 1 is 1.67 bits per heavy atom. The molecule has 1 aromatic heterocycles. The third kappa shape index (κ3) is 2.47. The van der Waals surface area contributed by atoms with E-state index in [4.69, 9.17) is 17.3 Å². The lowest BCUT2D eigenvalue weighted by Crippen LogP contribution is -2.15. The Balaban J connectivity index is 2.79. The Bertz CT molecular complexity index is 290. The van der Waals surface area contributed by atoms with E-state index in [2.05, 4.69) is 9.97 Å². The van der Waals surface area contributed by atoms with Crippen molar-refractivity contribution < 1.29 is 4.79 Å². The standard InChI is InChI=1S/C7H8ClN3O/c8-4-5-1-2-10-7(11-5)3-6(9)12/h1-2H,3-4H2,(H2,9,12). The molecule has 1 aromatic rings. The molecule has 0 unspecified atom stereocenters. The number of amides is 1. The van der Waals surface area contributed by atoms with Crippen molar-refractivity contribution in [3.05, 3.63) is 23.8 Å². The summed E-state index contributed by atoms with van der Waals surface area (Å²) in [6.45, 7) is 0. The van der Waals surface area contributed by atoms with E-state index < -0.39 is 5.91 Å².